The van der Waals surface area contributed by atoms with Crippen molar-refractivity contribution in [3.8, 4) is 0 Å². The molecule has 0 unspecified atom stereocenters. The number of carbonyl (C=O) groups is 2. The molecule has 0 aliphatic heterocycles. The van der Waals surface area contributed by atoms with Crippen molar-refractivity contribution < 1.29 is 14.3 Å². The molecule has 0 heterocycles. The predicted octanol–water partition coefficient (Wildman–Crippen LogP) is 0.413. The molecular formula is C11H22N2O3. The monoisotopic (exact) mass is 230 g/mol. The summed E-state index contributed by atoms with van der Waals surface area (Å²) in [5.41, 5.74) is 10.8. The molecule has 0 amide bonds. The Balaban J connectivity index is 4.42. The Hall–Kier alpha value is -0.940. The topological polar surface area (TPSA) is 95.4 Å². The van der Waals surface area contributed by atoms with Gasteiger partial charge in [-0.15, -0.1) is 0 Å². The minimum absolute atomic E-state index is 0.0776. The van der Waals surface area contributed by atoms with Crippen LogP contribution in [0.1, 0.15) is 34.6 Å². The second kappa shape index (κ2) is 5.41. The molecule has 0 aromatic rings. The number of nitrogens with two attached hydrogens (primary N) is 2. The predicted molar refractivity (Wildman–Crippen MR) is 61.3 cm³/mol. The van der Waals surface area contributed by atoms with Gasteiger partial charge in [-0.1, -0.05) is 34.6 Å². The van der Waals surface area contributed by atoms with E-state index in [0.717, 1.165) is 0 Å². The Labute approximate surface area is 96.5 Å². The second-order valence-electron chi connectivity index (χ2n) is 5.35. The molecule has 0 aliphatic rings. The van der Waals surface area contributed by atoms with Crippen molar-refractivity contribution in [1.29, 1.82) is 0 Å². The van der Waals surface area contributed by atoms with Crippen molar-refractivity contribution in [2.75, 3.05) is 0 Å². The average Bonchev–Trinajstić information content (AvgIpc) is 2.13. The lowest BCUT2D eigenvalue weighted by atomic mass is 9.87. The summed E-state index contributed by atoms with van der Waals surface area (Å²) >= 11 is 0. The van der Waals surface area contributed by atoms with Gasteiger partial charge >= 0.3 is 11.9 Å². The molecule has 0 saturated heterocycles. The smallest absolute Gasteiger partial charge is 0.331 e. The number of hydrogen-bond acceptors (Lipinski definition) is 5. The summed E-state index contributed by atoms with van der Waals surface area (Å²) in [5.74, 6) is -1.53. The van der Waals surface area contributed by atoms with Gasteiger partial charge in [-0.05, 0) is 11.3 Å². The number of carbonyl (C=O) groups excluding carboxylic acids is 2. The van der Waals surface area contributed by atoms with Crippen LogP contribution in [0, 0.1) is 11.3 Å². The number of hydrogen-bond donors (Lipinski definition) is 2. The molecule has 0 rings (SSSR count). The van der Waals surface area contributed by atoms with Crippen LogP contribution in [0.2, 0.25) is 0 Å². The van der Waals surface area contributed by atoms with E-state index in [9.17, 15) is 9.59 Å². The first-order valence-corrected chi connectivity index (χ1v) is 5.34. The molecule has 0 fully saturated rings. The molecule has 0 saturated carbocycles. The van der Waals surface area contributed by atoms with E-state index in [-0.39, 0.29) is 5.92 Å². The molecule has 2 atom stereocenters. The van der Waals surface area contributed by atoms with Gasteiger partial charge in [0.15, 0.2) is 0 Å². The van der Waals surface area contributed by atoms with E-state index in [2.05, 4.69) is 4.74 Å². The average molecular weight is 230 g/mol. The summed E-state index contributed by atoms with van der Waals surface area (Å²) in [7, 11) is 0. The van der Waals surface area contributed by atoms with Crippen molar-refractivity contribution in [3.63, 3.8) is 0 Å². The SMILES string of the molecule is CC(C)[C@H](N)C(=O)OC(=O)[C@@H](N)C(C)(C)C. The van der Waals surface area contributed by atoms with E-state index in [0.29, 0.717) is 0 Å². The number of esters is 2. The van der Waals surface area contributed by atoms with E-state index in [1.165, 1.54) is 0 Å². The van der Waals surface area contributed by atoms with Gasteiger partial charge in [-0.3, -0.25) is 0 Å². The molecular weight excluding hydrogens is 208 g/mol. The fraction of sp³-hybridized carbons (Fsp3) is 0.818. The zero-order chi connectivity index (χ0) is 13.1. The molecule has 5 nitrogen and oxygen atoms in total. The van der Waals surface area contributed by atoms with Crippen molar-refractivity contribution in [2.24, 2.45) is 22.8 Å². The maximum atomic E-state index is 11.5. The summed E-state index contributed by atoms with van der Waals surface area (Å²) in [6.45, 7) is 8.95. The van der Waals surface area contributed by atoms with Gasteiger partial charge in [0.2, 0.25) is 0 Å². The number of ether oxygens (including phenoxy) is 1. The lowest BCUT2D eigenvalue weighted by Gasteiger charge is -2.25. The fourth-order valence-electron chi connectivity index (χ4n) is 0.856. The molecule has 94 valence electrons. The second-order valence-corrected chi connectivity index (χ2v) is 5.35. The van der Waals surface area contributed by atoms with Crippen LogP contribution in [-0.4, -0.2) is 24.0 Å². The highest BCUT2D eigenvalue weighted by Crippen LogP contribution is 2.18. The van der Waals surface area contributed by atoms with Crippen molar-refractivity contribution in [2.45, 2.75) is 46.7 Å². The standard InChI is InChI=1S/C11H22N2O3/c1-6(2)7(12)9(14)16-10(15)8(13)11(3,4)5/h6-8H,12-13H2,1-5H3/t7-,8+/m0/s1. The van der Waals surface area contributed by atoms with Gasteiger partial charge in [-0.25, -0.2) is 9.59 Å². The quantitative estimate of drug-likeness (QED) is 0.541. The van der Waals surface area contributed by atoms with Gasteiger partial charge in [0.1, 0.15) is 12.1 Å². The van der Waals surface area contributed by atoms with Crippen LogP contribution in [0.4, 0.5) is 0 Å². The molecule has 16 heavy (non-hydrogen) atoms. The maximum absolute atomic E-state index is 11.5. The van der Waals surface area contributed by atoms with Gasteiger partial charge in [0.05, 0.1) is 0 Å². The van der Waals surface area contributed by atoms with Crippen LogP contribution < -0.4 is 11.5 Å². The highest BCUT2D eigenvalue weighted by atomic mass is 16.6. The molecule has 0 aromatic heterocycles. The minimum atomic E-state index is -0.837. The van der Waals surface area contributed by atoms with E-state index < -0.39 is 29.4 Å². The normalized spacial score (nSPS) is 15.8. The van der Waals surface area contributed by atoms with E-state index >= 15 is 0 Å². The fourth-order valence-corrected chi connectivity index (χ4v) is 0.856. The third-order valence-corrected chi connectivity index (χ3v) is 2.38. The highest BCUT2D eigenvalue weighted by Gasteiger charge is 2.32. The Kier molecular flexibility index (Phi) is 5.09. The van der Waals surface area contributed by atoms with Crippen LogP contribution in [0.25, 0.3) is 0 Å². The Morgan fingerprint density at radius 2 is 1.50 bits per heavy atom. The van der Waals surface area contributed by atoms with Crippen LogP contribution in [0.5, 0.6) is 0 Å². The first kappa shape index (κ1) is 15.1. The maximum Gasteiger partial charge on any atom is 0.331 e. The third-order valence-electron chi connectivity index (χ3n) is 2.38. The molecule has 0 spiro atoms. The molecule has 0 aliphatic carbocycles. The van der Waals surface area contributed by atoms with E-state index in [4.69, 9.17) is 11.5 Å². The summed E-state index contributed by atoms with van der Waals surface area (Å²) in [4.78, 5) is 22.9. The van der Waals surface area contributed by atoms with E-state index in [1.54, 1.807) is 34.6 Å². The molecule has 5 heteroatoms. The Morgan fingerprint density at radius 1 is 1.06 bits per heavy atom. The first-order chi connectivity index (χ1) is 7.07. The van der Waals surface area contributed by atoms with Gasteiger partial charge < -0.3 is 16.2 Å². The van der Waals surface area contributed by atoms with Crippen molar-refractivity contribution in [1.82, 2.24) is 0 Å². The third kappa shape index (κ3) is 4.28. The van der Waals surface area contributed by atoms with Crippen LogP contribution in [0.3, 0.4) is 0 Å². The van der Waals surface area contributed by atoms with Crippen molar-refractivity contribution in [3.05, 3.63) is 0 Å². The summed E-state index contributed by atoms with van der Waals surface area (Å²) in [6, 6.07) is -1.63. The van der Waals surface area contributed by atoms with Crippen molar-refractivity contribution >= 4 is 11.9 Å². The summed E-state index contributed by atoms with van der Waals surface area (Å²) in [5, 5.41) is 0. The Bertz CT molecular complexity index is 269. The molecule has 0 bridgehead atoms. The van der Waals surface area contributed by atoms with Gasteiger partial charge in [-0.2, -0.15) is 0 Å². The zero-order valence-electron chi connectivity index (χ0n) is 10.6. The van der Waals surface area contributed by atoms with Crippen LogP contribution >= 0.6 is 0 Å². The summed E-state index contributed by atoms with van der Waals surface area (Å²) in [6.07, 6.45) is 0. The van der Waals surface area contributed by atoms with E-state index in [1.807, 2.05) is 0 Å². The molecule has 0 aromatic carbocycles. The minimum Gasteiger partial charge on any atom is -0.391 e. The van der Waals surface area contributed by atoms with Gasteiger partial charge in [0.25, 0.3) is 0 Å². The number of rotatable bonds is 3. The van der Waals surface area contributed by atoms with Crippen LogP contribution in [0.15, 0.2) is 0 Å². The molecule has 4 N–H and O–H groups in total. The molecule has 0 radical (unpaired) electrons. The summed E-state index contributed by atoms with van der Waals surface area (Å²) < 4.78 is 4.63. The zero-order valence-corrected chi connectivity index (χ0v) is 10.6. The lowest BCUT2D eigenvalue weighted by molar-refractivity contribution is -0.163. The largest absolute Gasteiger partial charge is 0.391 e. The Morgan fingerprint density at radius 3 is 1.81 bits per heavy atom. The lowest BCUT2D eigenvalue weighted by Crippen LogP contribution is -2.47. The highest BCUT2D eigenvalue weighted by molar-refractivity contribution is 5.91. The van der Waals surface area contributed by atoms with Crippen LogP contribution in [-0.2, 0) is 14.3 Å². The van der Waals surface area contributed by atoms with Gasteiger partial charge in [0, 0.05) is 0 Å². The first-order valence-electron chi connectivity index (χ1n) is 5.34.